The van der Waals surface area contributed by atoms with Crippen LogP contribution in [0.15, 0.2) is 115 Å². The predicted molar refractivity (Wildman–Crippen MR) is 232 cm³/mol. The molecule has 0 heterocycles. The maximum atomic E-state index is 14.2. The van der Waals surface area contributed by atoms with E-state index in [1.807, 2.05) is 83.1 Å². The second-order valence-corrected chi connectivity index (χ2v) is 15.9. The molecule has 7 N–H and O–H groups in total. The maximum Gasteiger partial charge on any atom is 0.326 e. The second-order valence-electron chi connectivity index (χ2n) is 15.9. The Morgan fingerprint density at radius 2 is 0.833 bits per heavy atom. The standard InChI is InChI=1S/C47H58N6O7/c1-30(2)24-37(50-45(57)40(28-34-19-11-7-12-20-34)53-47(60)48-36-23-15-16-32(5)26-36)42(54)51-39(27-33-17-9-6-10-18-33)44(56)49-38(25-31(3)4)43(55)52-41(46(58)59)29-35-21-13-8-14-22-35/h6-23,26,30-31,37-41H,24-25,27-29H2,1-5H3,(H,49,56)(H,50,57)(H,51,54)(H,52,55)(H,58,59)(H2,48,53,60)/t37-,38-,39-,40-,41-/m0/s1. The highest BCUT2D eigenvalue weighted by molar-refractivity contribution is 5.97. The van der Waals surface area contributed by atoms with Gasteiger partial charge in [0.25, 0.3) is 0 Å². The number of aryl methyl sites for hydroxylation is 1. The van der Waals surface area contributed by atoms with Gasteiger partial charge in [-0.2, -0.15) is 0 Å². The number of anilines is 1. The van der Waals surface area contributed by atoms with Crippen molar-refractivity contribution in [3.8, 4) is 0 Å². The van der Waals surface area contributed by atoms with Crippen molar-refractivity contribution in [3.05, 3.63) is 138 Å². The average molecular weight is 819 g/mol. The quantitative estimate of drug-likeness (QED) is 0.0591. The number of carboxylic acid groups (broad SMARTS) is 1. The van der Waals surface area contributed by atoms with Crippen molar-refractivity contribution in [1.29, 1.82) is 0 Å². The van der Waals surface area contributed by atoms with Crippen molar-refractivity contribution < 1.29 is 33.9 Å². The fourth-order valence-electron chi connectivity index (χ4n) is 6.71. The molecule has 4 aromatic carbocycles. The summed E-state index contributed by atoms with van der Waals surface area (Å²) in [4.78, 5) is 81.6. The minimum Gasteiger partial charge on any atom is -0.480 e. The SMILES string of the molecule is Cc1cccc(NC(=O)N[C@@H](Cc2ccccc2)C(=O)N[C@@H](CC(C)C)C(=O)N[C@@H](Cc2ccccc2)C(=O)N[C@@H](CC(C)C)C(=O)N[C@@H](Cc2ccccc2)C(=O)O)c1. The number of carboxylic acids is 1. The summed E-state index contributed by atoms with van der Waals surface area (Å²) in [6.45, 7) is 9.44. The first kappa shape index (κ1) is 46.2. The summed E-state index contributed by atoms with van der Waals surface area (Å²) in [5, 5.41) is 26.6. The minimum atomic E-state index is -1.25. The monoisotopic (exact) mass is 818 g/mol. The van der Waals surface area contributed by atoms with Crippen LogP contribution in [0, 0.1) is 18.8 Å². The van der Waals surface area contributed by atoms with Gasteiger partial charge in [-0.25, -0.2) is 9.59 Å². The fourth-order valence-corrected chi connectivity index (χ4v) is 6.71. The van der Waals surface area contributed by atoms with Crippen molar-refractivity contribution in [2.24, 2.45) is 11.8 Å². The number of urea groups is 1. The van der Waals surface area contributed by atoms with Gasteiger partial charge in [0.05, 0.1) is 0 Å². The van der Waals surface area contributed by atoms with Gasteiger partial charge in [-0.05, 0) is 66.0 Å². The summed E-state index contributed by atoms with van der Waals surface area (Å²) < 4.78 is 0. The Kier molecular flexibility index (Phi) is 17.8. The van der Waals surface area contributed by atoms with Gasteiger partial charge in [-0.15, -0.1) is 0 Å². The number of rotatable bonds is 21. The van der Waals surface area contributed by atoms with Gasteiger partial charge in [-0.1, -0.05) is 131 Å². The third-order valence-electron chi connectivity index (χ3n) is 9.67. The van der Waals surface area contributed by atoms with Crippen LogP contribution in [0.2, 0.25) is 0 Å². The number of carbonyl (C=O) groups is 6. The van der Waals surface area contributed by atoms with E-state index >= 15 is 0 Å². The average Bonchev–Trinajstić information content (AvgIpc) is 3.20. The van der Waals surface area contributed by atoms with Crippen molar-refractivity contribution in [2.75, 3.05) is 5.32 Å². The lowest BCUT2D eigenvalue weighted by Gasteiger charge is -2.28. The van der Waals surface area contributed by atoms with Gasteiger partial charge in [0.15, 0.2) is 0 Å². The molecule has 60 heavy (non-hydrogen) atoms. The summed E-state index contributed by atoms with van der Waals surface area (Å²) in [7, 11) is 0. The molecule has 318 valence electrons. The van der Waals surface area contributed by atoms with Gasteiger partial charge >= 0.3 is 12.0 Å². The molecule has 0 aliphatic rings. The van der Waals surface area contributed by atoms with Crippen molar-refractivity contribution in [2.45, 2.75) is 96.9 Å². The van der Waals surface area contributed by atoms with Crippen LogP contribution < -0.4 is 31.9 Å². The second kappa shape index (κ2) is 23.2. The van der Waals surface area contributed by atoms with Crippen molar-refractivity contribution in [1.82, 2.24) is 26.6 Å². The number of benzene rings is 4. The zero-order chi connectivity index (χ0) is 43.6. The number of carbonyl (C=O) groups excluding carboxylic acids is 5. The highest BCUT2D eigenvalue weighted by Crippen LogP contribution is 2.14. The van der Waals surface area contributed by atoms with E-state index in [1.54, 1.807) is 66.7 Å². The van der Waals surface area contributed by atoms with E-state index in [0.29, 0.717) is 5.69 Å². The Bertz CT molecular complexity index is 2030. The highest BCUT2D eigenvalue weighted by atomic mass is 16.4. The summed E-state index contributed by atoms with van der Waals surface area (Å²) >= 11 is 0. The van der Waals surface area contributed by atoms with Crippen molar-refractivity contribution in [3.63, 3.8) is 0 Å². The smallest absolute Gasteiger partial charge is 0.326 e. The van der Waals surface area contributed by atoms with E-state index in [-0.39, 0.29) is 43.9 Å². The summed E-state index contributed by atoms with van der Waals surface area (Å²) in [6, 6.07) is 28.0. The molecule has 0 bridgehead atoms. The van der Waals surface area contributed by atoms with Crippen LogP contribution >= 0.6 is 0 Å². The first-order chi connectivity index (χ1) is 28.7. The predicted octanol–water partition coefficient (Wildman–Crippen LogP) is 5.33. The molecule has 0 unspecified atom stereocenters. The number of aliphatic carboxylic acids is 1. The fraction of sp³-hybridized carbons (Fsp3) is 0.362. The van der Waals surface area contributed by atoms with E-state index in [0.717, 1.165) is 22.3 Å². The van der Waals surface area contributed by atoms with Gasteiger partial charge in [0, 0.05) is 24.9 Å². The Hall–Kier alpha value is -6.50. The van der Waals surface area contributed by atoms with Crippen LogP contribution in [0.4, 0.5) is 10.5 Å². The molecule has 0 aliphatic carbocycles. The van der Waals surface area contributed by atoms with E-state index in [2.05, 4.69) is 31.9 Å². The topological polar surface area (TPSA) is 195 Å². The zero-order valence-electron chi connectivity index (χ0n) is 34.9. The molecule has 4 aromatic rings. The lowest BCUT2D eigenvalue weighted by molar-refractivity contribution is -0.142. The molecule has 0 saturated heterocycles. The summed E-state index contributed by atoms with van der Waals surface area (Å²) in [5.74, 6) is -3.91. The third kappa shape index (κ3) is 15.7. The molecule has 0 fully saturated rings. The number of amides is 6. The van der Waals surface area contributed by atoms with E-state index in [9.17, 15) is 33.9 Å². The zero-order valence-corrected chi connectivity index (χ0v) is 34.9. The maximum absolute atomic E-state index is 14.2. The number of hydrogen-bond donors (Lipinski definition) is 7. The van der Waals surface area contributed by atoms with E-state index < -0.39 is 65.8 Å². The molecular weight excluding hydrogens is 761 g/mol. The summed E-state index contributed by atoms with van der Waals surface area (Å²) in [6.07, 6.45) is 0.636. The van der Waals surface area contributed by atoms with Crippen LogP contribution in [-0.4, -0.2) is 70.9 Å². The Labute approximate surface area is 352 Å². The van der Waals surface area contributed by atoms with Gasteiger partial charge in [0.2, 0.25) is 23.6 Å². The van der Waals surface area contributed by atoms with Crippen LogP contribution in [0.3, 0.4) is 0 Å². The third-order valence-corrected chi connectivity index (χ3v) is 9.67. The van der Waals surface area contributed by atoms with E-state index in [1.165, 1.54) is 0 Å². The molecule has 13 nitrogen and oxygen atoms in total. The Morgan fingerprint density at radius 3 is 1.23 bits per heavy atom. The molecule has 13 heteroatoms. The minimum absolute atomic E-state index is 0.0407. The lowest BCUT2D eigenvalue weighted by atomic mass is 9.98. The highest BCUT2D eigenvalue weighted by Gasteiger charge is 2.33. The first-order valence-electron chi connectivity index (χ1n) is 20.4. The van der Waals surface area contributed by atoms with Gasteiger partial charge in [-0.3, -0.25) is 19.2 Å². The normalized spacial score (nSPS) is 13.5. The van der Waals surface area contributed by atoms with Crippen LogP contribution in [0.25, 0.3) is 0 Å². The molecular formula is C47H58N6O7. The molecule has 0 aromatic heterocycles. The van der Waals surface area contributed by atoms with Crippen LogP contribution in [-0.2, 0) is 43.2 Å². The number of hydrogen-bond acceptors (Lipinski definition) is 6. The molecule has 4 rings (SSSR count). The molecule has 5 atom stereocenters. The lowest BCUT2D eigenvalue weighted by Crippen LogP contribution is -2.60. The summed E-state index contributed by atoms with van der Waals surface area (Å²) in [5.41, 5.74) is 3.72. The van der Waals surface area contributed by atoms with Gasteiger partial charge in [0.1, 0.15) is 30.2 Å². The number of nitrogens with one attached hydrogen (secondary N) is 6. The molecule has 0 spiro atoms. The first-order valence-corrected chi connectivity index (χ1v) is 20.4. The van der Waals surface area contributed by atoms with E-state index in [4.69, 9.17) is 0 Å². The molecule has 6 amide bonds. The van der Waals surface area contributed by atoms with Gasteiger partial charge < -0.3 is 37.0 Å². The van der Waals surface area contributed by atoms with Crippen LogP contribution in [0.5, 0.6) is 0 Å². The van der Waals surface area contributed by atoms with Crippen molar-refractivity contribution >= 4 is 41.3 Å². The Morgan fingerprint density at radius 1 is 0.467 bits per heavy atom. The molecule has 0 saturated carbocycles. The Balaban J connectivity index is 1.55. The molecule has 0 aliphatic heterocycles. The molecule has 0 radical (unpaired) electrons. The van der Waals surface area contributed by atoms with Crippen LogP contribution in [0.1, 0.15) is 62.8 Å². The largest absolute Gasteiger partial charge is 0.480 e.